The van der Waals surface area contributed by atoms with Crippen molar-refractivity contribution < 1.29 is 0 Å². The van der Waals surface area contributed by atoms with Crippen LogP contribution < -0.4 is 0 Å². The van der Waals surface area contributed by atoms with Gasteiger partial charge in [-0.25, -0.2) is 0 Å². The van der Waals surface area contributed by atoms with Crippen LogP contribution in [-0.2, 0) is 0 Å². The molecule has 42 valence electrons. The van der Waals surface area contributed by atoms with E-state index in [1.165, 1.54) is 18.7 Å². The van der Waals surface area contributed by atoms with E-state index in [-0.39, 0.29) is 0 Å². The lowest BCUT2D eigenvalue weighted by Gasteiger charge is -1.97. The molecular formula is C6H13P. The zero-order valence-corrected chi connectivity index (χ0v) is 6.04. The van der Waals surface area contributed by atoms with E-state index in [9.17, 15) is 0 Å². The van der Waals surface area contributed by atoms with Crippen molar-refractivity contribution in [1.82, 2.24) is 0 Å². The monoisotopic (exact) mass is 116 g/mol. The summed E-state index contributed by atoms with van der Waals surface area (Å²) in [7, 11) is 0.496. The van der Waals surface area contributed by atoms with Crippen LogP contribution in [0.1, 0.15) is 13.3 Å². The topological polar surface area (TPSA) is 0 Å². The second kappa shape index (κ2) is 2.13. The van der Waals surface area contributed by atoms with E-state index >= 15 is 0 Å². The summed E-state index contributed by atoms with van der Waals surface area (Å²) in [5.41, 5.74) is 0. The molecule has 0 saturated carbocycles. The highest BCUT2D eigenvalue weighted by Crippen LogP contribution is 2.41. The van der Waals surface area contributed by atoms with Crippen molar-refractivity contribution in [2.45, 2.75) is 13.3 Å². The first-order valence-electron chi connectivity index (χ1n) is 2.97. The van der Waals surface area contributed by atoms with Gasteiger partial charge in [0.2, 0.25) is 0 Å². The quantitative estimate of drug-likeness (QED) is 0.425. The highest BCUT2D eigenvalue weighted by molar-refractivity contribution is 7.57. The summed E-state index contributed by atoms with van der Waals surface area (Å²) in [4.78, 5) is 0. The summed E-state index contributed by atoms with van der Waals surface area (Å²) >= 11 is 0. The summed E-state index contributed by atoms with van der Waals surface area (Å²) in [6.45, 7) is 4.78. The van der Waals surface area contributed by atoms with Crippen LogP contribution in [0.2, 0.25) is 0 Å². The molecule has 1 aliphatic heterocycles. The first-order chi connectivity index (χ1) is 3.29. The fourth-order valence-corrected chi connectivity index (χ4v) is 3.47. The number of hydrogen-bond acceptors (Lipinski definition) is 0. The molecule has 0 aromatic carbocycles. The molecule has 0 radical (unpaired) electrons. The Kier molecular flexibility index (Phi) is 1.69. The highest BCUT2D eigenvalue weighted by Gasteiger charge is 2.15. The Labute approximate surface area is 47.1 Å². The molecule has 0 aliphatic carbocycles. The lowest BCUT2D eigenvalue weighted by molar-refractivity contribution is 0.669. The molecule has 1 heteroatoms. The molecule has 1 fully saturated rings. The Morgan fingerprint density at radius 2 is 2.29 bits per heavy atom. The Morgan fingerprint density at radius 3 is 2.43 bits per heavy atom. The van der Waals surface area contributed by atoms with E-state index in [2.05, 4.69) is 13.6 Å². The van der Waals surface area contributed by atoms with Crippen LogP contribution in [0.15, 0.2) is 0 Å². The zero-order valence-electron chi connectivity index (χ0n) is 5.15. The van der Waals surface area contributed by atoms with Gasteiger partial charge in [0.05, 0.1) is 0 Å². The van der Waals surface area contributed by atoms with Crippen LogP contribution in [0.25, 0.3) is 0 Å². The van der Waals surface area contributed by atoms with Crippen molar-refractivity contribution in [1.29, 1.82) is 0 Å². The smallest absolute Gasteiger partial charge is 0.0302 e. The van der Waals surface area contributed by atoms with Gasteiger partial charge >= 0.3 is 0 Å². The third kappa shape index (κ3) is 1.42. The van der Waals surface area contributed by atoms with Crippen LogP contribution >= 0.6 is 7.92 Å². The maximum Gasteiger partial charge on any atom is -0.0302 e. The van der Waals surface area contributed by atoms with E-state index in [1.54, 1.807) is 0 Å². The second-order valence-electron chi connectivity index (χ2n) is 2.66. The minimum absolute atomic E-state index is 0.496. The zero-order chi connectivity index (χ0) is 5.28. The van der Waals surface area contributed by atoms with E-state index < -0.39 is 0 Å². The molecule has 0 nitrogen and oxygen atoms in total. The third-order valence-corrected chi connectivity index (χ3v) is 3.90. The van der Waals surface area contributed by atoms with Gasteiger partial charge in [0.25, 0.3) is 0 Å². The largest absolute Gasteiger partial charge is 0.110 e. The molecule has 0 spiro atoms. The van der Waals surface area contributed by atoms with Crippen LogP contribution in [-0.4, -0.2) is 19.0 Å². The van der Waals surface area contributed by atoms with Gasteiger partial charge in [0.15, 0.2) is 0 Å². The Balaban J connectivity index is 2.26. The van der Waals surface area contributed by atoms with Gasteiger partial charge in [-0.3, -0.25) is 0 Å². The molecule has 7 heavy (non-hydrogen) atoms. The van der Waals surface area contributed by atoms with Crippen molar-refractivity contribution in [3.8, 4) is 0 Å². The Morgan fingerprint density at radius 1 is 1.57 bits per heavy atom. The molecule has 0 amide bonds. The minimum atomic E-state index is 0.496. The Bertz CT molecular complexity index is 53.2. The first kappa shape index (κ1) is 5.56. The average Bonchev–Trinajstić information content (AvgIpc) is 1.87. The minimum Gasteiger partial charge on any atom is -0.110 e. The van der Waals surface area contributed by atoms with Crippen molar-refractivity contribution in [3.63, 3.8) is 0 Å². The predicted molar refractivity (Wildman–Crippen MR) is 36.4 cm³/mol. The van der Waals surface area contributed by atoms with Crippen molar-refractivity contribution >= 4 is 7.92 Å². The lowest BCUT2D eigenvalue weighted by Crippen LogP contribution is -1.86. The van der Waals surface area contributed by atoms with Gasteiger partial charge in [-0.05, 0) is 31.3 Å². The molecular weight excluding hydrogens is 103 g/mol. The van der Waals surface area contributed by atoms with Gasteiger partial charge in [0.1, 0.15) is 0 Å². The van der Waals surface area contributed by atoms with Crippen LogP contribution in [0.5, 0.6) is 0 Å². The van der Waals surface area contributed by atoms with Crippen LogP contribution in [0, 0.1) is 5.92 Å². The highest BCUT2D eigenvalue weighted by atomic mass is 31.1. The molecule has 0 aromatic rings. The van der Waals surface area contributed by atoms with Crippen molar-refractivity contribution in [3.05, 3.63) is 0 Å². The summed E-state index contributed by atoms with van der Waals surface area (Å²) in [5.74, 6) is 1.05. The van der Waals surface area contributed by atoms with E-state index in [0.29, 0.717) is 7.92 Å². The molecule has 0 bridgehead atoms. The molecule has 1 rings (SSSR count). The predicted octanol–water partition coefficient (Wildman–Crippen LogP) is 2.14. The molecule has 1 heterocycles. The van der Waals surface area contributed by atoms with E-state index in [1.807, 2.05) is 0 Å². The Hall–Kier alpha value is 0.430. The van der Waals surface area contributed by atoms with Crippen molar-refractivity contribution in [2.75, 3.05) is 19.0 Å². The first-order valence-corrected chi connectivity index (χ1v) is 5.13. The molecule has 1 saturated heterocycles. The average molecular weight is 116 g/mol. The third-order valence-electron chi connectivity index (χ3n) is 1.63. The number of rotatable bonds is 0. The molecule has 2 atom stereocenters. The summed E-state index contributed by atoms with van der Waals surface area (Å²) < 4.78 is 0. The fourth-order valence-electron chi connectivity index (χ4n) is 1.16. The fraction of sp³-hybridized carbons (Fsp3) is 1.00. The molecule has 0 N–H and O–H groups in total. The standard InChI is InChI=1S/C6H13P/c1-6-3-4-7(2)5-6/h6H,3-5H2,1-2H3/t6-,7-/m0/s1. The summed E-state index contributed by atoms with van der Waals surface area (Å²) in [6, 6.07) is 0. The van der Waals surface area contributed by atoms with Gasteiger partial charge in [0, 0.05) is 0 Å². The summed E-state index contributed by atoms with van der Waals surface area (Å²) in [6.07, 6.45) is 4.58. The van der Waals surface area contributed by atoms with Gasteiger partial charge < -0.3 is 0 Å². The van der Waals surface area contributed by atoms with Gasteiger partial charge in [-0.15, -0.1) is 7.92 Å². The van der Waals surface area contributed by atoms with Gasteiger partial charge in [-0.1, -0.05) is 6.92 Å². The van der Waals surface area contributed by atoms with E-state index in [4.69, 9.17) is 0 Å². The van der Waals surface area contributed by atoms with Crippen LogP contribution in [0.4, 0.5) is 0 Å². The second-order valence-corrected chi connectivity index (χ2v) is 5.18. The van der Waals surface area contributed by atoms with Crippen molar-refractivity contribution in [2.24, 2.45) is 5.92 Å². The SMILES string of the molecule is C[C@H]1CC[P@](C)C1. The van der Waals surface area contributed by atoms with Gasteiger partial charge in [-0.2, -0.15) is 0 Å². The van der Waals surface area contributed by atoms with Crippen LogP contribution in [0.3, 0.4) is 0 Å². The maximum atomic E-state index is 2.42. The van der Waals surface area contributed by atoms with E-state index in [0.717, 1.165) is 5.92 Å². The molecule has 0 aromatic heterocycles. The lowest BCUT2D eigenvalue weighted by atomic mass is 10.2. The molecule has 0 unspecified atom stereocenters. The summed E-state index contributed by atoms with van der Waals surface area (Å²) in [5, 5.41) is 0. The molecule has 1 aliphatic rings. The number of hydrogen-bond donors (Lipinski definition) is 0. The normalized spacial score (nSPS) is 42.0. The maximum absolute atomic E-state index is 2.42.